The third-order valence-corrected chi connectivity index (χ3v) is 5.35. The number of halogens is 1. The Labute approximate surface area is 163 Å². The summed E-state index contributed by atoms with van der Waals surface area (Å²) in [5, 5.41) is 7.81. The highest BCUT2D eigenvalue weighted by Crippen LogP contribution is 2.22. The highest BCUT2D eigenvalue weighted by atomic mass is 35.5. The van der Waals surface area contributed by atoms with Crippen LogP contribution in [0, 0.1) is 13.8 Å². The van der Waals surface area contributed by atoms with Crippen LogP contribution in [0.3, 0.4) is 0 Å². The molecular formula is C18H20ClN3O4S. The predicted octanol–water partition coefficient (Wildman–Crippen LogP) is 2.31. The Kier molecular flexibility index (Phi) is 6.25. The normalized spacial score (nSPS) is 11.1. The van der Waals surface area contributed by atoms with Gasteiger partial charge in [0.25, 0.3) is 5.91 Å². The number of nitrogens with two attached hydrogens (primary N) is 1. The summed E-state index contributed by atoms with van der Waals surface area (Å²) < 4.78 is 23.1. The van der Waals surface area contributed by atoms with Crippen molar-refractivity contribution in [3.63, 3.8) is 0 Å². The maximum atomic E-state index is 12.5. The van der Waals surface area contributed by atoms with Crippen LogP contribution in [0.5, 0.6) is 0 Å². The molecular weight excluding hydrogens is 390 g/mol. The zero-order valence-electron chi connectivity index (χ0n) is 15.1. The fraction of sp³-hybridized carbons (Fsp3) is 0.222. The van der Waals surface area contributed by atoms with E-state index in [0.29, 0.717) is 5.69 Å². The Morgan fingerprint density at radius 3 is 2.30 bits per heavy atom. The monoisotopic (exact) mass is 409 g/mol. The molecule has 7 nitrogen and oxygen atoms in total. The van der Waals surface area contributed by atoms with Gasteiger partial charge in [0, 0.05) is 18.3 Å². The van der Waals surface area contributed by atoms with E-state index in [1.54, 1.807) is 0 Å². The maximum Gasteiger partial charge on any atom is 0.254 e. The number of primary sulfonamides is 1. The Bertz CT molecular complexity index is 985. The summed E-state index contributed by atoms with van der Waals surface area (Å²) in [6.45, 7) is 3.54. The number of carbonyl (C=O) groups is 2. The van der Waals surface area contributed by atoms with Crippen LogP contribution >= 0.6 is 11.6 Å². The molecule has 0 atom stereocenters. The van der Waals surface area contributed by atoms with Crippen LogP contribution in [0.15, 0.2) is 41.3 Å². The van der Waals surface area contributed by atoms with E-state index < -0.39 is 15.9 Å². The van der Waals surface area contributed by atoms with Gasteiger partial charge in [0.1, 0.15) is 4.90 Å². The van der Waals surface area contributed by atoms with Crippen LogP contribution in [0.4, 0.5) is 5.69 Å². The third kappa shape index (κ3) is 5.06. The lowest BCUT2D eigenvalue weighted by atomic mass is 10.1. The summed E-state index contributed by atoms with van der Waals surface area (Å²) in [6, 6.07) is 9.39. The molecule has 0 aliphatic rings. The second-order valence-corrected chi connectivity index (χ2v) is 8.10. The first kappa shape index (κ1) is 20.9. The van der Waals surface area contributed by atoms with Crippen molar-refractivity contribution in [3.8, 4) is 0 Å². The minimum absolute atomic E-state index is 0.0609. The van der Waals surface area contributed by atoms with Gasteiger partial charge in [-0.05, 0) is 43.2 Å². The number of benzene rings is 2. The van der Waals surface area contributed by atoms with E-state index in [4.69, 9.17) is 16.7 Å². The molecule has 0 aliphatic heterocycles. The molecule has 0 saturated heterocycles. The third-order valence-electron chi connectivity index (χ3n) is 3.96. The van der Waals surface area contributed by atoms with Gasteiger partial charge in [-0.25, -0.2) is 13.6 Å². The average Bonchev–Trinajstić information content (AvgIpc) is 2.57. The summed E-state index contributed by atoms with van der Waals surface area (Å²) in [5.41, 5.74) is 2.58. The van der Waals surface area contributed by atoms with Gasteiger partial charge < -0.3 is 10.2 Å². The van der Waals surface area contributed by atoms with Crippen LogP contribution < -0.4 is 10.5 Å². The smallest absolute Gasteiger partial charge is 0.254 e. The van der Waals surface area contributed by atoms with E-state index in [1.807, 2.05) is 32.0 Å². The number of rotatable bonds is 5. The average molecular weight is 410 g/mol. The van der Waals surface area contributed by atoms with Crippen LogP contribution in [-0.2, 0) is 14.8 Å². The molecule has 0 aromatic heterocycles. The highest BCUT2D eigenvalue weighted by Gasteiger charge is 2.20. The van der Waals surface area contributed by atoms with Gasteiger partial charge in [0.05, 0.1) is 11.6 Å². The zero-order chi connectivity index (χ0) is 20.4. The molecule has 0 saturated carbocycles. The maximum absolute atomic E-state index is 12.5. The Hall–Kier alpha value is -2.42. The topological polar surface area (TPSA) is 110 Å². The summed E-state index contributed by atoms with van der Waals surface area (Å²) >= 11 is 5.82. The van der Waals surface area contributed by atoms with Crippen molar-refractivity contribution in [2.75, 3.05) is 18.9 Å². The van der Waals surface area contributed by atoms with Crippen molar-refractivity contribution >= 4 is 39.1 Å². The quantitative estimate of drug-likeness (QED) is 0.789. The lowest BCUT2D eigenvalue weighted by molar-refractivity contribution is -0.116. The fourth-order valence-corrected chi connectivity index (χ4v) is 3.62. The molecule has 2 aromatic carbocycles. The van der Waals surface area contributed by atoms with Crippen molar-refractivity contribution < 1.29 is 18.0 Å². The van der Waals surface area contributed by atoms with E-state index in [0.717, 1.165) is 17.2 Å². The summed E-state index contributed by atoms with van der Waals surface area (Å²) in [5.74, 6) is -0.905. The second-order valence-electron chi connectivity index (χ2n) is 6.17. The van der Waals surface area contributed by atoms with Gasteiger partial charge in [-0.15, -0.1) is 0 Å². The summed E-state index contributed by atoms with van der Waals surface area (Å²) in [4.78, 5) is 25.7. The second kappa shape index (κ2) is 8.08. The number of likely N-dealkylation sites (N-methyl/N-ethyl adjacent to an activating group) is 1. The van der Waals surface area contributed by atoms with Gasteiger partial charge in [-0.3, -0.25) is 9.59 Å². The molecule has 0 fully saturated rings. The first-order valence-electron chi connectivity index (χ1n) is 7.94. The van der Waals surface area contributed by atoms with Gasteiger partial charge in [0.15, 0.2) is 0 Å². The Balaban J connectivity index is 2.15. The SMILES string of the molecule is Cc1cccc(C)c1NC(=O)CN(C)C(=O)c1ccc(Cl)c(S(N)(=O)=O)c1. The van der Waals surface area contributed by atoms with Crippen LogP contribution in [0.2, 0.25) is 5.02 Å². The van der Waals surface area contributed by atoms with E-state index in [2.05, 4.69) is 5.32 Å². The number of hydrogen-bond donors (Lipinski definition) is 2. The van der Waals surface area contributed by atoms with Gasteiger partial charge >= 0.3 is 0 Å². The number of sulfonamides is 1. The minimum Gasteiger partial charge on any atom is -0.332 e. The van der Waals surface area contributed by atoms with Gasteiger partial charge in [-0.2, -0.15) is 0 Å². The van der Waals surface area contributed by atoms with Crippen molar-refractivity contribution in [1.29, 1.82) is 0 Å². The largest absolute Gasteiger partial charge is 0.332 e. The standard InChI is InChI=1S/C18H20ClN3O4S/c1-11-5-4-6-12(2)17(11)21-16(23)10-22(3)18(24)13-7-8-14(19)15(9-13)27(20,25)26/h4-9H,10H2,1-3H3,(H,21,23)(H2,20,25,26). The highest BCUT2D eigenvalue weighted by molar-refractivity contribution is 7.89. The number of amides is 2. The van der Waals surface area contributed by atoms with Crippen LogP contribution in [-0.4, -0.2) is 38.7 Å². The first-order valence-corrected chi connectivity index (χ1v) is 9.87. The molecule has 3 N–H and O–H groups in total. The van der Waals surface area contributed by atoms with E-state index in [-0.39, 0.29) is 27.9 Å². The molecule has 0 bridgehead atoms. The first-order chi connectivity index (χ1) is 12.5. The zero-order valence-corrected chi connectivity index (χ0v) is 16.7. The van der Waals surface area contributed by atoms with Crippen molar-refractivity contribution in [1.82, 2.24) is 4.90 Å². The molecule has 0 unspecified atom stereocenters. The number of para-hydroxylation sites is 1. The van der Waals surface area contributed by atoms with E-state index in [1.165, 1.54) is 24.1 Å². The molecule has 27 heavy (non-hydrogen) atoms. The molecule has 2 rings (SSSR count). The van der Waals surface area contributed by atoms with E-state index in [9.17, 15) is 18.0 Å². The predicted molar refractivity (Wildman–Crippen MR) is 104 cm³/mol. The van der Waals surface area contributed by atoms with E-state index >= 15 is 0 Å². The lowest BCUT2D eigenvalue weighted by Gasteiger charge is -2.18. The van der Waals surface area contributed by atoms with Gasteiger partial charge in [-0.1, -0.05) is 29.8 Å². The molecule has 2 aromatic rings. The molecule has 0 radical (unpaired) electrons. The molecule has 0 spiro atoms. The van der Waals surface area contributed by atoms with Crippen molar-refractivity contribution in [2.24, 2.45) is 5.14 Å². The molecule has 0 aliphatic carbocycles. The lowest BCUT2D eigenvalue weighted by Crippen LogP contribution is -2.35. The van der Waals surface area contributed by atoms with Gasteiger partial charge in [0.2, 0.25) is 15.9 Å². The summed E-state index contributed by atoms with van der Waals surface area (Å²) in [7, 11) is -2.63. The number of nitrogens with zero attached hydrogens (tertiary/aromatic N) is 1. The molecule has 0 heterocycles. The van der Waals surface area contributed by atoms with Crippen molar-refractivity contribution in [3.05, 3.63) is 58.1 Å². The fourth-order valence-electron chi connectivity index (χ4n) is 2.55. The number of hydrogen-bond acceptors (Lipinski definition) is 4. The number of anilines is 1. The van der Waals surface area contributed by atoms with Crippen LogP contribution in [0.1, 0.15) is 21.5 Å². The Morgan fingerprint density at radius 1 is 1.15 bits per heavy atom. The molecule has 144 valence electrons. The number of carbonyl (C=O) groups excluding carboxylic acids is 2. The number of nitrogens with one attached hydrogen (secondary N) is 1. The number of aryl methyl sites for hydroxylation is 2. The Morgan fingerprint density at radius 2 is 1.74 bits per heavy atom. The summed E-state index contributed by atoms with van der Waals surface area (Å²) in [6.07, 6.45) is 0. The molecule has 2 amide bonds. The molecule has 9 heteroatoms. The minimum atomic E-state index is -4.07. The van der Waals surface area contributed by atoms with Crippen molar-refractivity contribution in [2.45, 2.75) is 18.7 Å². The van der Waals surface area contributed by atoms with Crippen LogP contribution in [0.25, 0.3) is 0 Å².